The number of rotatable bonds is 3. The summed E-state index contributed by atoms with van der Waals surface area (Å²) in [7, 11) is 4.41. The zero-order valence-corrected chi connectivity index (χ0v) is 10.3. The molecule has 0 spiro atoms. The molecule has 0 bridgehead atoms. The summed E-state index contributed by atoms with van der Waals surface area (Å²) < 4.78 is 0. The topological polar surface area (TPSA) is 60.8 Å². The third-order valence-corrected chi connectivity index (χ3v) is 3.26. The van der Waals surface area contributed by atoms with E-state index in [1.165, 1.54) is 32.1 Å². The molecule has 16 heavy (non-hydrogen) atoms. The fourth-order valence-electron chi connectivity index (χ4n) is 2.31. The van der Waals surface area contributed by atoms with E-state index in [1.807, 2.05) is 0 Å². The van der Waals surface area contributed by atoms with Gasteiger partial charge in [-0.25, -0.2) is 4.79 Å². The lowest BCUT2D eigenvalue weighted by Crippen LogP contribution is -2.45. The number of nitrogens with zero attached hydrogens (tertiary/aromatic N) is 1. The molecule has 1 saturated carbocycles. The van der Waals surface area contributed by atoms with Crippen molar-refractivity contribution in [1.29, 1.82) is 0 Å². The van der Waals surface area contributed by atoms with Crippen LogP contribution in [0.25, 0.3) is 0 Å². The Morgan fingerprint density at radius 2 is 1.75 bits per heavy atom. The molecule has 1 fully saturated rings. The van der Waals surface area contributed by atoms with Gasteiger partial charge in [0.15, 0.2) is 0 Å². The number of carboxylic acid groups (broad SMARTS) is 2. The van der Waals surface area contributed by atoms with Gasteiger partial charge in [-0.3, -0.25) is 0 Å². The molecule has 0 aliphatic heterocycles. The second kappa shape index (κ2) is 7.28. The van der Waals surface area contributed by atoms with Crippen molar-refractivity contribution in [3.63, 3.8) is 0 Å². The Balaban J connectivity index is 0.000000487. The molecule has 0 aromatic carbocycles. The summed E-state index contributed by atoms with van der Waals surface area (Å²) in [5.41, 5.74) is 0.444. The van der Waals surface area contributed by atoms with Crippen LogP contribution in [0.3, 0.4) is 0 Å². The highest BCUT2D eigenvalue weighted by atomic mass is 16.6. The quantitative estimate of drug-likeness (QED) is 0.730. The van der Waals surface area contributed by atoms with Crippen molar-refractivity contribution in [3.8, 4) is 0 Å². The van der Waals surface area contributed by atoms with Gasteiger partial charge in [0.25, 0.3) is 0 Å². The predicted molar refractivity (Wildman–Crippen MR) is 65.0 cm³/mol. The molecule has 4 nitrogen and oxygen atoms in total. The Hall–Kier alpha value is -1.03. The normalized spacial score (nSPS) is 18.4. The number of hydrogen-bond donors (Lipinski definition) is 2. The minimum Gasteiger partial charge on any atom is -0.450 e. The van der Waals surface area contributed by atoms with E-state index in [0.29, 0.717) is 5.54 Å². The molecule has 0 atom stereocenters. The maximum Gasteiger partial charge on any atom is 0.503 e. The average molecular weight is 229 g/mol. The second-order valence-corrected chi connectivity index (χ2v) is 4.45. The fourth-order valence-corrected chi connectivity index (χ4v) is 2.31. The van der Waals surface area contributed by atoms with Gasteiger partial charge >= 0.3 is 6.16 Å². The van der Waals surface area contributed by atoms with Gasteiger partial charge in [0.1, 0.15) is 0 Å². The van der Waals surface area contributed by atoms with Crippen LogP contribution in [0.2, 0.25) is 0 Å². The van der Waals surface area contributed by atoms with Crippen LogP contribution in [0.5, 0.6) is 0 Å². The molecular formula is C12H23NO3. The van der Waals surface area contributed by atoms with Crippen molar-refractivity contribution in [1.82, 2.24) is 4.90 Å². The van der Waals surface area contributed by atoms with E-state index in [0.717, 1.165) is 6.42 Å². The molecule has 0 amide bonds. The Morgan fingerprint density at radius 1 is 1.31 bits per heavy atom. The first-order valence-electron chi connectivity index (χ1n) is 5.65. The summed E-state index contributed by atoms with van der Waals surface area (Å²) in [5.74, 6) is 0. The Bertz CT molecular complexity index is 216. The van der Waals surface area contributed by atoms with E-state index in [1.54, 1.807) is 0 Å². The minimum atomic E-state index is -1.83. The first-order valence-corrected chi connectivity index (χ1v) is 5.65. The summed E-state index contributed by atoms with van der Waals surface area (Å²) in [6.45, 7) is 3.86. The lowest BCUT2D eigenvalue weighted by atomic mass is 9.78. The SMILES string of the molecule is C=CCC1(N(C)C)CCCCC1.O=C(O)O. The van der Waals surface area contributed by atoms with Gasteiger partial charge in [0.2, 0.25) is 0 Å². The highest BCUT2D eigenvalue weighted by Crippen LogP contribution is 2.34. The second-order valence-electron chi connectivity index (χ2n) is 4.45. The fraction of sp³-hybridized carbons (Fsp3) is 0.750. The van der Waals surface area contributed by atoms with E-state index in [2.05, 4.69) is 31.7 Å². The zero-order valence-electron chi connectivity index (χ0n) is 10.3. The van der Waals surface area contributed by atoms with E-state index in [9.17, 15) is 0 Å². The largest absolute Gasteiger partial charge is 0.503 e. The highest BCUT2D eigenvalue weighted by Gasteiger charge is 2.32. The van der Waals surface area contributed by atoms with Crippen molar-refractivity contribution < 1.29 is 15.0 Å². The first kappa shape index (κ1) is 15.0. The first-order chi connectivity index (χ1) is 7.44. The van der Waals surface area contributed by atoms with Crippen molar-refractivity contribution >= 4 is 6.16 Å². The lowest BCUT2D eigenvalue weighted by Gasteiger charge is -2.42. The monoisotopic (exact) mass is 229 g/mol. The molecule has 94 valence electrons. The molecule has 1 rings (SSSR count). The highest BCUT2D eigenvalue weighted by molar-refractivity contribution is 5.53. The molecule has 2 N–H and O–H groups in total. The molecule has 0 radical (unpaired) electrons. The molecule has 0 saturated heterocycles. The Kier molecular flexibility index (Phi) is 6.81. The summed E-state index contributed by atoms with van der Waals surface area (Å²) in [5, 5.41) is 13.9. The molecular weight excluding hydrogens is 206 g/mol. The Morgan fingerprint density at radius 3 is 2.06 bits per heavy atom. The zero-order chi connectivity index (χ0) is 12.6. The van der Waals surface area contributed by atoms with E-state index in [4.69, 9.17) is 15.0 Å². The average Bonchev–Trinajstić information content (AvgIpc) is 2.18. The number of hydrogen-bond acceptors (Lipinski definition) is 2. The van der Waals surface area contributed by atoms with Crippen molar-refractivity contribution in [2.45, 2.75) is 44.1 Å². The summed E-state index contributed by atoms with van der Waals surface area (Å²) >= 11 is 0. The molecule has 0 aromatic heterocycles. The van der Waals surface area contributed by atoms with Crippen LogP contribution in [0.4, 0.5) is 4.79 Å². The van der Waals surface area contributed by atoms with Crippen molar-refractivity contribution in [3.05, 3.63) is 12.7 Å². The van der Waals surface area contributed by atoms with E-state index in [-0.39, 0.29) is 0 Å². The molecule has 4 heteroatoms. The van der Waals surface area contributed by atoms with Gasteiger partial charge in [0.05, 0.1) is 0 Å². The van der Waals surface area contributed by atoms with Gasteiger partial charge in [-0.05, 0) is 33.4 Å². The maximum atomic E-state index is 8.56. The standard InChI is InChI=1S/C11H21N.CH2O3/c1-4-8-11(12(2)3)9-6-5-7-10-11;2-1(3)4/h4H,1,5-10H2,2-3H3;(H2,2,3,4). The molecule has 0 aromatic rings. The minimum absolute atomic E-state index is 0.444. The smallest absolute Gasteiger partial charge is 0.450 e. The van der Waals surface area contributed by atoms with Gasteiger partial charge in [-0.15, -0.1) is 6.58 Å². The third-order valence-electron chi connectivity index (χ3n) is 3.26. The van der Waals surface area contributed by atoms with Crippen LogP contribution >= 0.6 is 0 Å². The van der Waals surface area contributed by atoms with Crippen LogP contribution in [-0.4, -0.2) is 40.9 Å². The van der Waals surface area contributed by atoms with Gasteiger partial charge < -0.3 is 15.1 Å². The van der Waals surface area contributed by atoms with E-state index < -0.39 is 6.16 Å². The Labute approximate surface area is 97.6 Å². The van der Waals surface area contributed by atoms with Crippen LogP contribution in [0.15, 0.2) is 12.7 Å². The molecule has 1 aliphatic rings. The number of carbonyl (C=O) groups is 1. The van der Waals surface area contributed by atoms with Crippen LogP contribution < -0.4 is 0 Å². The lowest BCUT2D eigenvalue weighted by molar-refractivity contribution is 0.103. The van der Waals surface area contributed by atoms with E-state index >= 15 is 0 Å². The van der Waals surface area contributed by atoms with Crippen LogP contribution in [0.1, 0.15) is 38.5 Å². The molecule has 1 aliphatic carbocycles. The van der Waals surface area contributed by atoms with Crippen molar-refractivity contribution in [2.24, 2.45) is 0 Å². The molecule has 0 heterocycles. The summed E-state index contributed by atoms with van der Waals surface area (Å²) in [6, 6.07) is 0. The molecule has 0 unspecified atom stereocenters. The summed E-state index contributed by atoms with van der Waals surface area (Å²) in [6.07, 6.45) is 8.31. The van der Waals surface area contributed by atoms with Gasteiger partial charge in [-0.1, -0.05) is 25.3 Å². The van der Waals surface area contributed by atoms with Crippen molar-refractivity contribution in [2.75, 3.05) is 14.1 Å². The van der Waals surface area contributed by atoms with Gasteiger partial charge in [-0.2, -0.15) is 0 Å². The van der Waals surface area contributed by atoms with Crippen LogP contribution in [-0.2, 0) is 0 Å². The van der Waals surface area contributed by atoms with Crippen LogP contribution in [0, 0.1) is 0 Å². The predicted octanol–water partition coefficient (Wildman–Crippen LogP) is 3.05. The third kappa shape index (κ3) is 5.16. The maximum absolute atomic E-state index is 8.56. The van der Waals surface area contributed by atoms with Gasteiger partial charge in [0, 0.05) is 5.54 Å². The summed E-state index contributed by atoms with van der Waals surface area (Å²) in [4.78, 5) is 11.0.